The second-order valence-electron chi connectivity index (χ2n) is 4.32. The van der Waals surface area contributed by atoms with E-state index >= 15 is 0 Å². The van der Waals surface area contributed by atoms with Crippen molar-refractivity contribution in [2.24, 2.45) is 0 Å². The van der Waals surface area contributed by atoms with E-state index in [0.717, 1.165) is 0 Å². The van der Waals surface area contributed by atoms with E-state index in [0.29, 0.717) is 10.1 Å². The molecule has 0 saturated carbocycles. The van der Waals surface area contributed by atoms with Gasteiger partial charge in [-0.05, 0) is 26.8 Å². The van der Waals surface area contributed by atoms with Gasteiger partial charge in [-0.2, -0.15) is 0 Å². The van der Waals surface area contributed by atoms with Gasteiger partial charge in [-0.15, -0.1) is 0 Å². The third-order valence-corrected chi connectivity index (χ3v) is 3.38. The first-order valence-electron chi connectivity index (χ1n) is 5.23. The summed E-state index contributed by atoms with van der Waals surface area (Å²) in [7, 11) is -1.23. The molecule has 0 spiro atoms. The molecule has 112 valence electrons. The predicted molar refractivity (Wildman–Crippen MR) is 79.4 cm³/mol. The summed E-state index contributed by atoms with van der Waals surface area (Å²) in [6, 6.07) is 0. The lowest BCUT2D eigenvalue weighted by atomic mass is 10.2. The second kappa shape index (κ2) is 10.4. The van der Waals surface area contributed by atoms with Crippen LogP contribution < -0.4 is 4.72 Å². The fourth-order valence-electron chi connectivity index (χ4n) is 0.774. The molecular weight excluding hydrogens is 343 g/mol. The first-order chi connectivity index (χ1) is 8.56. The molecule has 0 bridgehead atoms. The summed E-state index contributed by atoms with van der Waals surface area (Å²) < 4.78 is 46.8. The number of hydrogen-bond acceptors (Lipinski definition) is 1. The van der Waals surface area contributed by atoms with Crippen LogP contribution in [0.5, 0.6) is 0 Å². The van der Waals surface area contributed by atoms with Crippen molar-refractivity contribution < 1.29 is 17.4 Å². The number of halogens is 4. The lowest BCUT2D eigenvalue weighted by Gasteiger charge is -2.18. The number of alkyl halides is 2. The molecule has 0 aromatic rings. The number of rotatable bonds is 5. The molecule has 0 saturated heterocycles. The van der Waals surface area contributed by atoms with Gasteiger partial charge in [-0.1, -0.05) is 29.1 Å². The maximum Gasteiger partial charge on any atom is 0.229 e. The average molecular weight is 362 g/mol. The zero-order valence-electron chi connectivity index (χ0n) is 11.2. The summed E-state index contributed by atoms with van der Waals surface area (Å²) in [4.78, 5) is 0. The number of nitrogens with one attached hydrogen (secondary N) is 1. The Labute approximate surface area is 123 Å². The first-order valence-corrected chi connectivity index (χ1v) is 7.17. The van der Waals surface area contributed by atoms with Crippen molar-refractivity contribution in [1.29, 1.82) is 0 Å². The van der Waals surface area contributed by atoms with E-state index in [1.54, 1.807) is 0 Å². The van der Waals surface area contributed by atoms with Crippen LogP contribution in [0.1, 0.15) is 20.8 Å². The minimum Gasteiger partial charge on any atom is -0.242 e. The van der Waals surface area contributed by atoms with Gasteiger partial charge >= 0.3 is 0 Å². The lowest BCUT2D eigenvalue weighted by molar-refractivity contribution is 0.295. The Morgan fingerprint density at radius 2 is 1.79 bits per heavy atom. The molecule has 0 radical (unpaired) electrons. The second-order valence-corrected chi connectivity index (χ2v) is 7.39. The summed E-state index contributed by atoms with van der Waals surface area (Å²) in [5.41, 5.74) is 0.333. The zero-order valence-corrected chi connectivity index (χ0v) is 13.6. The van der Waals surface area contributed by atoms with Crippen LogP contribution in [-0.4, -0.2) is 22.4 Å². The molecule has 7 heteroatoms. The van der Waals surface area contributed by atoms with Crippen molar-refractivity contribution in [3.8, 4) is 0 Å². The number of allylic oxidation sites excluding steroid dienone is 2. The van der Waals surface area contributed by atoms with Gasteiger partial charge < -0.3 is 0 Å². The van der Waals surface area contributed by atoms with Crippen molar-refractivity contribution in [1.82, 2.24) is 4.72 Å². The largest absolute Gasteiger partial charge is 0.242 e. The summed E-state index contributed by atoms with van der Waals surface area (Å²) in [6.07, 6.45) is 1.51. The molecule has 0 amide bonds. The van der Waals surface area contributed by atoms with Crippen LogP contribution in [0.3, 0.4) is 0 Å². The van der Waals surface area contributed by atoms with E-state index in [1.165, 1.54) is 6.08 Å². The summed E-state index contributed by atoms with van der Waals surface area (Å²) in [5, 5.41) is 0. The van der Waals surface area contributed by atoms with Gasteiger partial charge in [0.2, 0.25) is 6.93 Å². The van der Waals surface area contributed by atoms with Crippen molar-refractivity contribution in [2.45, 2.75) is 25.5 Å². The van der Waals surface area contributed by atoms with Crippen LogP contribution in [0, 0.1) is 0 Å². The molecule has 0 aliphatic heterocycles. The highest BCUT2D eigenvalue weighted by Gasteiger charge is 2.19. The molecule has 1 N–H and O–H groups in total. The highest BCUT2D eigenvalue weighted by atomic mass is 79.9. The minimum atomic E-state index is -1.75. The fourth-order valence-corrected chi connectivity index (χ4v) is 1.77. The molecule has 0 aromatic carbocycles. The Bertz CT molecular complexity index is 364. The van der Waals surface area contributed by atoms with Crippen molar-refractivity contribution in [3.05, 3.63) is 35.1 Å². The third kappa shape index (κ3) is 12.4. The lowest BCUT2D eigenvalue weighted by Crippen LogP contribution is -2.34. The van der Waals surface area contributed by atoms with E-state index in [9.17, 15) is 17.4 Å². The van der Waals surface area contributed by atoms with E-state index in [1.807, 2.05) is 20.8 Å². The molecule has 2 nitrogen and oxygen atoms in total. The van der Waals surface area contributed by atoms with Gasteiger partial charge in [0.1, 0.15) is 5.83 Å². The molecule has 0 aliphatic rings. The Morgan fingerprint density at radius 1 is 1.37 bits per heavy atom. The van der Waals surface area contributed by atoms with Gasteiger partial charge in [0, 0.05) is 16.6 Å². The smallest absolute Gasteiger partial charge is 0.229 e. The molecule has 0 fully saturated rings. The number of hydrogen-bond donors (Lipinski definition) is 1. The van der Waals surface area contributed by atoms with Crippen LogP contribution >= 0.6 is 15.9 Å². The van der Waals surface area contributed by atoms with Gasteiger partial charge in [0.05, 0.1) is 15.7 Å². The molecule has 19 heavy (non-hydrogen) atoms. The summed E-state index contributed by atoms with van der Waals surface area (Å²) >= 11 is 3.11. The summed E-state index contributed by atoms with van der Waals surface area (Å²) in [6.45, 7) is 10.7. The minimum absolute atomic E-state index is 0.157. The molecule has 0 heterocycles. The van der Waals surface area contributed by atoms with Gasteiger partial charge in [-0.25, -0.2) is 22.1 Å². The van der Waals surface area contributed by atoms with Crippen molar-refractivity contribution in [2.75, 3.05) is 13.5 Å². The molecular formula is C12H19BrF3NOS. The predicted octanol–water partition coefficient (Wildman–Crippen LogP) is 4.24. The van der Waals surface area contributed by atoms with Crippen molar-refractivity contribution >= 4 is 26.9 Å². The fraction of sp³-hybridized carbons (Fsp3) is 0.500. The highest BCUT2D eigenvalue weighted by Crippen LogP contribution is 2.15. The highest BCUT2D eigenvalue weighted by molar-refractivity contribution is 9.11. The van der Waals surface area contributed by atoms with Gasteiger partial charge in [-0.3, -0.25) is 0 Å². The SMILES string of the molecule is C=C(Br)/C=C(/CNS(=O)C(C)(C)C)C(=C)F.FCF. The van der Waals surface area contributed by atoms with E-state index in [-0.39, 0.29) is 11.3 Å². The molecule has 1 unspecified atom stereocenters. The van der Waals surface area contributed by atoms with Crippen LogP contribution in [0.15, 0.2) is 35.1 Å². The first kappa shape index (κ1) is 20.9. The van der Waals surface area contributed by atoms with Crippen LogP contribution in [0.2, 0.25) is 0 Å². The Balaban J connectivity index is 0. The third-order valence-electron chi connectivity index (χ3n) is 1.63. The molecule has 0 rings (SSSR count). The van der Waals surface area contributed by atoms with E-state index in [4.69, 9.17) is 0 Å². The normalized spacial score (nSPS) is 13.3. The summed E-state index contributed by atoms with van der Waals surface area (Å²) in [5.74, 6) is -0.556. The van der Waals surface area contributed by atoms with E-state index < -0.39 is 23.7 Å². The monoisotopic (exact) mass is 361 g/mol. The van der Waals surface area contributed by atoms with Crippen LogP contribution in [0.25, 0.3) is 0 Å². The van der Waals surface area contributed by atoms with Crippen molar-refractivity contribution in [3.63, 3.8) is 0 Å². The van der Waals surface area contributed by atoms with Crippen LogP contribution in [0.4, 0.5) is 13.2 Å². The maximum atomic E-state index is 13.0. The topological polar surface area (TPSA) is 29.1 Å². The maximum absolute atomic E-state index is 13.0. The quantitative estimate of drug-likeness (QED) is 0.729. The zero-order chi connectivity index (χ0) is 15.6. The Kier molecular flexibility index (Phi) is 11.4. The molecule has 1 atom stereocenters. The van der Waals surface area contributed by atoms with Crippen LogP contribution in [-0.2, 0) is 11.0 Å². The van der Waals surface area contributed by atoms with Gasteiger partial charge in [0.25, 0.3) is 0 Å². The Morgan fingerprint density at radius 3 is 2.05 bits per heavy atom. The van der Waals surface area contributed by atoms with E-state index in [2.05, 4.69) is 33.8 Å². The average Bonchev–Trinajstić information content (AvgIpc) is 2.22. The standard InChI is InChI=1S/C11H17BrFNOS.CH2F2/c1-8(12)6-10(9(2)13)7-14-16(15)11(3,4)5;2-1-3/h6,14H,1-2,7H2,3-5H3;1H2/b10-6-;. The molecule has 0 aromatic heterocycles. The molecule has 0 aliphatic carbocycles. The Hall–Kier alpha value is -0.400. The van der Waals surface area contributed by atoms with Gasteiger partial charge in [0.15, 0.2) is 0 Å².